The first kappa shape index (κ1) is 49.8. The van der Waals surface area contributed by atoms with E-state index >= 15 is 0 Å². The second-order valence-electron chi connectivity index (χ2n) is 16.6. The molecule has 0 saturated carbocycles. The highest BCUT2D eigenvalue weighted by molar-refractivity contribution is 5.30. The minimum absolute atomic E-state index is 0.142. The van der Waals surface area contributed by atoms with Crippen LogP contribution in [0, 0.1) is 5.41 Å². The summed E-state index contributed by atoms with van der Waals surface area (Å²) in [5.41, 5.74) is 0.0878. The number of aliphatic hydroxyl groups excluding tert-OH is 13. The first-order valence-corrected chi connectivity index (χ1v) is 20.4. The van der Waals surface area contributed by atoms with Gasteiger partial charge in [-0.05, 0) is 24.1 Å². The summed E-state index contributed by atoms with van der Waals surface area (Å²) in [6.07, 6.45) is -31.7. The molecule has 0 amide bonds. The molecule has 14 N–H and O–H groups in total. The van der Waals surface area contributed by atoms with E-state index in [1.165, 1.54) is 7.11 Å². The molecule has 360 valence electrons. The van der Waals surface area contributed by atoms with Crippen LogP contribution in [0.3, 0.4) is 0 Å². The van der Waals surface area contributed by atoms with E-state index in [1.54, 1.807) is 38.1 Å². The van der Waals surface area contributed by atoms with Gasteiger partial charge in [-0.3, -0.25) is 0 Å². The Labute approximate surface area is 361 Å². The zero-order valence-corrected chi connectivity index (χ0v) is 34.9. The van der Waals surface area contributed by atoms with Crippen LogP contribution in [0.1, 0.15) is 19.4 Å². The lowest BCUT2D eigenvalue weighted by molar-refractivity contribution is -0.388. The fraction of sp³-hybridized carbons (Fsp3) is 0.795. The first-order chi connectivity index (χ1) is 29.9. The van der Waals surface area contributed by atoms with E-state index in [0.717, 1.165) is 12.7 Å². The summed E-state index contributed by atoms with van der Waals surface area (Å²) in [7, 11) is 2.39. The Kier molecular flexibility index (Phi) is 16.5. The molecular formula is C39H61NO23. The zero-order valence-electron chi connectivity index (χ0n) is 34.9. The molecule has 21 atom stereocenters. The zero-order chi connectivity index (χ0) is 46.1. The van der Waals surface area contributed by atoms with Crippen LogP contribution in [0.25, 0.3) is 0 Å². The number of aliphatic hydroxyl groups is 13. The molecule has 5 aliphatic rings. The fourth-order valence-corrected chi connectivity index (χ4v) is 8.41. The minimum atomic E-state index is -1.98. The van der Waals surface area contributed by atoms with Crippen molar-refractivity contribution in [2.45, 2.75) is 149 Å². The van der Waals surface area contributed by atoms with Gasteiger partial charge in [0.05, 0.1) is 26.4 Å². The predicted molar refractivity (Wildman–Crippen MR) is 205 cm³/mol. The molecule has 0 aliphatic carbocycles. The lowest BCUT2D eigenvalue weighted by Gasteiger charge is -2.49. The summed E-state index contributed by atoms with van der Waals surface area (Å²) in [6, 6.07) is 6.31. The molecule has 1 aromatic rings. The van der Waals surface area contributed by atoms with Gasteiger partial charge in [0.25, 0.3) is 0 Å². The molecule has 63 heavy (non-hydrogen) atoms. The van der Waals surface area contributed by atoms with Crippen molar-refractivity contribution in [1.82, 2.24) is 5.32 Å². The van der Waals surface area contributed by atoms with E-state index in [2.05, 4.69) is 5.32 Å². The molecule has 24 heteroatoms. The van der Waals surface area contributed by atoms with Gasteiger partial charge in [-0.2, -0.15) is 0 Å². The Morgan fingerprint density at radius 2 is 0.921 bits per heavy atom. The van der Waals surface area contributed by atoms with Gasteiger partial charge < -0.3 is 119 Å². The Hall–Kier alpha value is -2.64. The van der Waals surface area contributed by atoms with Crippen molar-refractivity contribution in [3.05, 3.63) is 41.5 Å². The summed E-state index contributed by atoms with van der Waals surface area (Å²) in [6.45, 7) is 0.455. The molecule has 1 aromatic carbocycles. The highest BCUT2D eigenvalue weighted by atomic mass is 16.8. The molecule has 21 unspecified atom stereocenters. The quantitative estimate of drug-likeness (QED) is 0.0735. The molecule has 5 aliphatic heterocycles. The van der Waals surface area contributed by atoms with Gasteiger partial charge in [0.1, 0.15) is 103 Å². The molecular weight excluding hydrogens is 850 g/mol. The van der Waals surface area contributed by atoms with Gasteiger partial charge in [0, 0.05) is 25.7 Å². The van der Waals surface area contributed by atoms with Crippen LogP contribution >= 0.6 is 0 Å². The van der Waals surface area contributed by atoms with Crippen LogP contribution in [0.2, 0.25) is 0 Å². The number of nitrogens with one attached hydrogen (secondary N) is 1. The Morgan fingerprint density at radius 1 is 0.524 bits per heavy atom. The molecule has 4 saturated heterocycles. The van der Waals surface area contributed by atoms with Gasteiger partial charge >= 0.3 is 0 Å². The molecule has 0 aromatic heterocycles. The summed E-state index contributed by atoms with van der Waals surface area (Å²) >= 11 is 0. The molecule has 5 heterocycles. The topological polar surface area (TPSA) is 367 Å². The van der Waals surface area contributed by atoms with Crippen LogP contribution in [0.4, 0.5) is 0 Å². The first-order valence-electron chi connectivity index (χ1n) is 20.4. The van der Waals surface area contributed by atoms with Gasteiger partial charge in [0.2, 0.25) is 12.2 Å². The van der Waals surface area contributed by atoms with E-state index in [4.69, 9.17) is 47.4 Å². The van der Waals surface area contributed by atoms with Crippen molar-refractivity contribution in [3.8, 4) is 5.75 Å². The van der Waals surface area contributed by atoms with Crippen LogP contribution in [0.5, 0.6) is 5.75 Å². The summed E-state index contributed by atoms with van der Waals surface area (Å²) < 4.78 is 56.8. The van der Waals surface area contributed by atoms with Gasteiger partial charge in [-0.1, -0.05) is 26.0 Å². The van der Waals surface area contributed by atoms with Crippen molar-refractivity contribution in [2.75, 3.05) is 40.6 Å². The Bertz CT molecular complexity index is 1640. The van der Waals surface area contributed by atoms with Crippen LogP contribution in [-0.2, 0) is 49.1 Å². The fourth-order valence-electron chi connectivity index (χ4n) is 8.41. The number of hydrogen-bond acceptors (Lipinski definition) is 24. The van der Waals surface area contributed by atoms with Crippen LogP contribution < -0.4 is 10.1 Å². The minimum Gasteiger partial charge on any atom is -0.506 e. The van der Waals surface area contributed by atoms with Crippen molar-refractivity contribution in [3.63, 3.8) is 0 Å². The maximum Gasteiger partial charge on any atom is 0.229 e. The largest absolute Gasteiger partial charge is 0.506 e. The third-order valence-electron chi connectivity index (χ3n) is 12.3. The van der Waals surface area contributed by atoms with Crippen LogP contribution in [-0.4, -0.2) is 236 Å². The van der Waals surface area contributed by atoms with E-state index in [0.29, 0.717) is 6.42 Å². The normalized spacial score (nSPS) is 44.3. The lowest BCUT2D eigenvalue weighted by atomic mass is 9.82. The van der Waals surface area contributed by atoms with Crippen molar-refractivity contribution in [1.29, 1.82) is 0 Å². The van der Waals surface area contributed by atoms with Gasteiger partial charge in [-0.25, -0.2) is 0 Å². The van der Waals surface area contributed by atoms with Crippen LogP contribution in [0.15, 0.2) is 35.9 Å². The second kappa shape index (κ2) is 20.9. The van der Waals surface area contributed by atoms with Crippen molar-refractivity contribution in [2.24, 2.45) is 5.41 Å². The van der Waals surface area contributed by atoms with E-state index < -0.39 is 155 Å². The molecule has 0 bridgehead atoms. The summed E-state index contributed by atoms with van der Waals surface area (Å²) in [5.74, 6) is -0.199. The Morgan fingerprint density at radius 3 is 1.37 bits per heavy atom. The van der Waals surface area contributed by atoms with Crippen molar-refractivity contribution < 1.29 is 114 Å². The number of ether oxygens (including phenoxy) is 10. The number of rotatable bonds is 16. The second-order valence-corrected chi connectivity index (χ2v) is 16.6. The molecule has 0 radical (unpaired) electrons. The molecule has 0 spiro atoms. The van der Waals surface area contributed by atoms with E-state index in [9.17, 15) is 66.4 Å². The predicted octanol–water partition coefficient (Wildman–Crippen LogP) is -5.53. The molecule has 4 fully saturated rings. The van der Waals surface area contributed by atoms with Gasteiger partial charge in [-0.15, -0.1) is 0 Å². The SMILES string of the molecule is COC1C(CO)OC(OC2C(CO)OC(OC3C(CO)OC(OC4C(CO)OC(Oc5ccc(CC6NC(O)=C(O)C6(C)C)cc5)C(O)C4O)C(OC)C3O)C(O)C2O)C(O)C1O. The standard InChI is InChI=1S/C39H61NO23/c1-39(2)20(40-34(53)33(39)52)9-14-5-7-15(8-6-14)56-35-25(49)22(46)30(18(12-43)58-35)63-38-32(55-4)27(51)31(19(13-44)60-38)62-37-26(50)23(47)29(17(11-42)59-37)61-36-24(48)21(45)28(54-3)16(10-41)57-36/h5-8,16-32,35-38,40-53H,9-13H2,1-4H3. The van der Waals surface area contributed by atoms with Crippen molar-refractivity contribution >= 4 is 0 Å². The average molecular weight is 912 g/mol. The third kappa shape index (κ3) is 10.1. The smallest absolute Gasteiger partial charge is 0.229 e. The molecule has 6 rings (SSSR count). The lowest BCUT2D eigenvalue weighted by Crippen LogP contribution is -2.68. The number of methoxy groups -OCH3 is 2. The van der Waals surface area contributed by atoms with Gasteiger partial charge in [0.15, 0.2) is 24.6 Å². The average Bonchev–Trinajstić information content (AvgIpc) is 3.46. The molecule has 24 nitrogen and oxygen atoms in total. The highest BCUT2D eigenvalue weighted by Crippen LogP contribution is 2.38. The van der Waals surface area contributed by atoms with E-state index in [-0.39, 0.29) is 23.4 Å². The maximum absolute atomic E-state index is 11.5. The maximum atomic E-state index is 11.5. The summed E-state index contributed by atoms with van der Waals surface area (Å²) in [5, 5.41) is 141. The third-order valence-corrected chi connectivity index (χ3v) is 12.3. The monoisotopic (exact) mass is 911 g/mol. The van der Waals surface area contributed by atoms with E-state index in [1.807, 2.05) is 0 Å². The highest BCUT2D eigenvalue weighted by Gasteiger charge is 2.56. The number of benzene rings is 1. The number of hydrogen-bond donors (Lipinski definition) is 14. The Balaban J connectivity index is 1.07. The summed E-state index contributed by atoms with van der Waals surface area (Å²) in [4.78, 5) is 0.